The second kappa shape index (κ2) is 9.56. The van der Waals surface area contributed by atoms with E-state index in [1.54, 1.807) is 24.6 Å². The van der Waals surface area contributed by atoms with E-state index in [9.17, 15) is 13.2 Å². The SMILES string of the molecule is COCCn1c(=NC(=O)C2CCN(S(=O)(=O)c3cccs3)CC2)sc2cc(C)c(C)cc21. The van der Waals surface area contributed by atoms with Gasteiger partial charge in [0.2, 0.25) is 0 Å². The molecular weight excluding hydrogens is 466 g/mol. The highest BCUT2D eigenvalue weighted by Crippen LogP contribution is 2.27. The molecule has 0 unspecified atom stereocenters. The Morgan fingerprint density at radius 1 is 1.22 bits per heavy atom. The van der Waals surface area contributed by atoms with Crippen molar-refractivity contribution in [1.29, 1.82) is 0 Å². The van der Waals surface area contributed by atoms with Crippen molar-refractivity contribution in [2.45, 2.75) is 37.4 Å². The van der Waals surface area contributed by atoms with Crippen molar-refractivity contribution in [2.75, 3.05) is 26.8 Å². The highest BCUT2D eigenvalue weighted by atomic mass is 32.2. The predicted octanol–water partition coefficient (Wildman–Crippen LogP) is 3.56. The van der Waals surface area contributed by atoms with Crippen molar-refractivity contribution in [1.82, 2.24) is 8.87 Å². The maximum atomic E-state index is 13.0. The van der Waals surface area contributed by atoms with Gasteiger partial charge in [-0.3, -0.25) is 4.79 Å². The normalized spacial score (nSPS) is 16.8. The Morgan fingerprint density at radius 2 is 1.94 bits per heavy atom. The summed E-state index contributed by atoms with van der Waals surface area (Å²) in [6, 6.07) is 7.63. The van der Waals surface area contributed by atoms with Gasteiger partial charge < -0.3 is 9.30 Å². The Labute approximate surface area is 196 Å². The molecule has 1 aliphatic heterocycles. The van der Waals surface area contributed by atoms with Gasteiger partial charge in [-0.1, -0.05) is 17.4 Å². The Morgan fingerprint density at radius 3 is 2.59 bits per heavy atom. The van der Waals surface area contributed by atoms with Crippen LogP contribution in [0.5, 0.6) is 0 Å². The smallest absolute Gasteiger partial charge is 0.252 e. The summed E-state index contributed by atoms with van der Waals surface area (Å²) in [5.74, 6) is -0.446. The van der Waals surface area contributed by atoms with Gasteiger partial charge >= 0.3 is 0 Å². The molecule has 3 heterocycles. The first-order valence-corrected chi connectivity index (χ1v) is 13.7. The minimum Gasteiger partial charge on any atom is -0.383 e. The number of fused-ring (bicyclic) bond motifs is 1. The molecule has 0 saturated carbocycles. The molecule has 4 rings (SSSR count). The van der Waals surface area contributed by atoms with E-state index in [1.807, 2.05) is 4.57 Å². The molecule has 1 amide bonds. The van der Waals surface area contributed by atoms with Crippen LogP contribution in [0.2, 0.25) is 0 Å². The first-order chi connectivity index (χ1) is 15.3. The topological polar surface area (TPSA) is 81.0 Å². The predicted molar refractivity (Wildman–Crippen MR) is 128 cm³/mol. The number of amides is 1. The van der Waals surface area contributed by atoms with Crippen molar-refractivity contribution in [2.24, 2.45) is 10.9 Å². The summed E-state index contributed by atoms with van der Waals surface area (Å²) in [5.41, 5.74) is 3.45. The van der Waals surface area contributed by atoms with Crippen LogP contribution in [-0.4, -0.2) is 50.0 Å². The number of carbonyl (C=O) groups is 1. The molecule has 0 bridgehead atoms. The molecule has 0 radical (unpaired) electrons. The monoisotopic (exact) mass is 493 g/mol. The number of piperidine rings is 1. The maximum Gasteiger partial charge on any atom is 0.252 e. The number of carbonyl (C=O) groups excluding carboxylic acids is 1. The van der Waals surface area contributed by atoms with Gasteiger partial charge in [-0.25, -0.2) is 8.42 Å². The Hall–Kier alpha value is -1.85. The molecular formula is C22H27N3O4S3. The van der Waals surface area contributed by atoms with Crippen molar-refractivity contribution in [3.63, 3.8) is 0 Å². The summed E-state index contributed by atoms with van der Waals surface area (Å²) >= 11 is 2.73. The molecule has 0 N–H and O–H groups in total. The molecule has 172 valence electrons. The third-order valence-corrected chi connectivity index (χ3v) is 10.2. The fourth-order valence-electron chi connectivity index (χ4n) is 3.87. The van der Waals surface area contributed by atoms with E-state index in [4.69, 9.17) is 4.74 Å². The van der Waals surface area contributed by atoms with Crippen LogP contribution in [0, 0.1) is 19.8 Å². The van der Waals surface area contributed by atoms with Gasteiger partial charge in [0.1, 0.15) is 4.21 Å². The number of rotatable bonds is 6. The van der Waals surface area contributed by atoms with E-state index in [0.717, 1.165) is 10.2 Å². The molecule has 0 atom stereocenters. The lowest BCUT2D eigenvalue weighted by Crippen LogP contribution is -2.40. The van der Waals surface area contributed by atoms with Gasteiger partial charge in [-0.15, -0.1) is 11.3 Å². The van der Waals surface area contributed by atoms with Gasteiger partial charge in [0.25, 0.3) is 15.9 Å². The van der Waals surface area contributed by atoms with Crippen molar-refractivity contribution in [3.8, 4) is 0 Å². The van der Waals surface area contributed by atoms with Crippen molar-refractivity contribution >= 4 is 48.8 Å². The van der Waals surface area contributed by atoms with Gasteiger partial charge in [-0.05, 0) is 61.4 Å². The van der Waals surface area contributed by atoms with Crippen LogP contribution >= 0.6 is 22.7 Å². The van der Waals surface area contributed by atoms with E-state index >= 15 is 0 Å². The molecule has 10 heteroatoms. The largest absolute Gasteiger partial charge is 0.383 e. The lowest BCUT2D eigenvalue weighted by molar-refractivity contribution is -0.122. The number of ether oxygens (including phenoxy) is 1. The Bertz CT molecular complexity index is 1280. The van der Waals surface area contributed by atoms with Crippen LogP contribution in [0.15, 0.2) is 38.8 Å². The highest BCUT2D eigenvalue weighted by molar-refractivity contribution is 7.91. The number of aryl methyl sites for hydroxylation is 2. The summed E-state index contributed by atoms with van der Waals surface area (Å²) in [6.07, 6.45) is 0.961. The maximum absolute atomic E-state index is 13.0. The number of sulfonamides is 1. The van der Waals surface area contributed by atoms with Crippen molar-refractivity contribution < 1.29 is 17.9 Å². The zero-order valence-electron chi connectivity index (χ0n) is 18.4. The second-order valence-electron chi connectivity index (χ2n) is 7.99. The number of thiazole rings is 1. The minimum absolute atomic E-state index is 0.177. The first kappa shape index (κ1) is 23.3. The summed E-state index contributed by atoms with van der Waals surface area (Å²) in [7, 11) is -1.82. The second-order valence-corrected chi connectivity index (χ2v) is 12.1. The quantitative estimate of drug-likeness (QED) is 0.526. The standard InChI is InChI=1S/C22H27N3O4S3/c1-15-13-18-19(14-16(15)2)31-22(25(18)10-11-29-3)23-21(26)17-6-8-24(9-7-17)32(27,28)20-5-4-12-30-20/h4-5,12-14,17H,6-11H2,1-3H3. The minimum atomic E-state index is -3.48. The Balaban J connectivity index is 1.56. The molecule has 1 fully saturated rings. The third-order valence-electron chi connectivity index (χ3n) is 5.92. The van der Waals surface area contributed by atoms with Crippen molar-refractivity contribution in [3.05, 3.63) is 45.6 Å². The molecule has 0 aliphatic carbocycles. The van der Waals surface area contributed by atoms with Crippen LogP contribution in [0.3, 0.4) is 0 Å². The molecule has 1 aliphatic rings. The number of hydrogen-bond donors (Lipinski definition) is 0. The average molecular weight is 494 g/mol. The first-order valence-electron chi connectivity index (χ1n) is 10.5. The van der Waals surface area contributed by atoms with Crippen LogP contribution in [0.1, 0.15) is 24.0 Å². The third kappa shape index (κ3) is 4.60. The van der Waals surface area contributed by atoms with Gasteiger partial charge in [-0.2, -0.15) is 9.30 Å². The van der Waals surface area contributed by atoms with E-state index < -0.39 is 10.0 Å². The number of aromatic nitrogens is 1. The van der Waals surface area contributed by atoms with Crippen LogP contribution in [0.4, 0.5) is 0 Å². The van der Waals surface area contributed by atoms with E-state index in [2.05, 4.69) is 31.0 Å². The number of benzene rings is 1. The molecule has 1 aromatic carbocycles. The zero-order chi connectivity index (χ0) is 22.9. The Kier molecular flexibility index (Phi) is 6.97. The van der Waals surface area contributed by atoms with Crippen LogP contribution < -0.4 is 4.80 Å². The summed E-state index contributed by atoms with van der Waals surface area (Å²) in [4.78, 5) is 18.2. The lowest BCUT2D eigenvalue weighted by Gasteiger charge is -2.29. The molecule has 32 heavy (non-hydrogen) atoms. The summed E-state index contributed by atoms with van der Waals surface area (Å²) < 4.78 is 35.7. The number of thiophene rings is 1. The highest BCUT2D eigenvalue weighted by Gasteiger charge is 2.32. The average Bonchev–Trinajstić information content (AvgIpc) is 3.42. The molecule has 2 aromatic heterocycles. The van der Waals surface area contributed by atoms with E-state index in [1.165, 1.54) is 38.1 Å². The fourth-order valence-corrected chi connectivity index (χ4v) is 7.63. The summed E-state index contributed by atoms with van der Waals surface area (Å²) in [5, 5.41) is 1.76. The number of nitrogens with zero attached hydrogens (tertiary/aromatic N) is 3. The molecule has 7 nitrogen and oxygen atoms in total. The lowest BCUT2D eigenvalue weighted by atomic mass is 9.98. The van der Waals surface area contributed by atoms with Crippen LogP contribution in [0.25, 0.3) is 10.2 Å². The number of hydrogen-bond acceptors (Lipinski definition) is 6. The molecule has 3 aromatic rings. The van der Waals surface area contributed by atoms with Crippen LogP contribution in [-0.2, 0) is 26.1 Å². The fraction of sp³-hybridized carbons (Fsp3) is 0.455. The van der Waals surface area contributed by atoms with E-state index in [-0.39, 0.29) is 11.8 Å². The zero-order valence-corrected chi connectivity index (χ0v) is 20.9. The molecule has 0 spiro atoms. The van der Waals surface area contributed by atoms with Gasteiger partial charge in [0, 0.05) is 32.7 Å². The molecule has 1 saturated heterocycles. The summed E-state index contributed by atoms with van der Waals surface area (Å²) in [6.45, 7) is 5.96. The number of methoxy groups -OCH3 is 1. The van der Waals surface area contributed by atoms with Gasteiger partial charge in [0.15, 0.2) is 4.80 Å². The van der Waals surface area contributed by atoms with E-state index in [0.29, 0.717) is 48.1 Å². The van der Waals surface area contributed by atoms with Gasteiger partial charge in [0.05, 0.1) is 16.8 Å².